The van der Waals surface area contributed by atoms with Crippen LogP contribution < -0.4 is 5.32 Å². The molecule has 1 N–H and O–H groups in total. The molecule has 0 aromatic heterocycles. The van der Waals surface area contributed by atoms with Crippen molar-refractivity contribution in [3.05, 3.63) is 34.9 Å². The highest BCUT2D eigenvalue weighted by molar-refractivity contribution is 6.31. The van der Waals surface area contributed by atoms with E-state index in [0.717, 1.165) is 17.1 Å². The zero-order valence-electron chi connectivity index (χ0n) is 13.5. The number of hydrogen-bond acceptors (Lipinski definition) is 2. The van der Waals surface area contributed by atoms with Crippen LogP contribution in [-0.2, 0) is 4.74 Å². The van der Waals surface area contributed by atoms with E-state index in [0.29, 0.717) is 6.10 Å². The lowest BCUT2D eigenvalue weighted by atomic mass is 9.97. The average molecular weight is 310 g/mol. The smallest absolute Gasteiger partial charge is 0.0967 e. The summed E-state index contributed by atoms with van der Waals surface area (Å²) >= 11 is 6.38. The first kappa shape index (κ1) is 16.8. The lowest BCUT2D eigenvalue weighted by Crippen LogP contribution is -2.40. The highest BCUT2D eigenvalue weighted by Crippen LogP contribution is 2.30. The molecule has 1 aliphatic rings. The molecule has 0 bridgehead atoms. The fourth-order valence-corrected chi connectivity index (χ4v) is 3.06. The summed E-state index contributed by atoms with van der Waals surface area (Å²) in [6, 6.07) is 8.04. The van der Waals surface area contributed by atoms with E-state index in [1.807, 2.05) is 18.2 Å². The molecule has 0 radical (unpaired) electrons. The second kappa shape index (κ2) is 7.62. The van der Waals surface area contributed by atoms with Crippen LogP contribution in [0.4, 0.5) is 0 Å². The van der Waals surface area contributed by atoms with E-state index in [2.05, 4.69) is 32.2 Å². The topological polar surface area (TPSA) is 21.3 Å². The largest absolute Gasteiger partial charge is 0.369 e. The Hall–Kier alpha value is -0.570. The third-order valence-corrected chi connectivity index (χ3v) is 4.32. The Labute approximate surface area is 134 Å². The normalized spacial score (nSPS) is 18.7. The third-order valence-electron chi connectivity index (χ3n) is 3.98. The van der Waals surface area contributed by atoms with Gasteiger partial charge in [-0.15, -0.1) is 0 Å². The monoisotopic (exact) mass is 309 g/mol. The molecule has 118 valence electrons. The molecule has 0 spiro atoms. The number of halogens is 1. The lowest BCUT2D eigenvalue weighted by Gasteiger charge is -2.31. The van der Waals surface area contributed by atoms with Gasteiger partial charge in [-0.3, -0.25) is 0 Å². The predicted octanol–water partition coefficient (Wildman–Crippen LogP) is 5.12. The van der Waals surface area contributed by atoms with Gasteiger partial charge in [-0.25, -0.2) is 0 Å². The highest BCUT2D eigenvalue weighted by atomic mass is 35.5. The molecule has 21 heavy (non-hydrogen) atoms. The molecule has 0 saturated heterocycles. The molecule has 0 heterocycles. The first-order valence-corrected chi connectivity index (χ1v) is 8.48. The lowest BCUT2D eigenvalue weighted by molar-refractivity contribution is -0.0327. The van der Waals surface area contributed by atoms with E-state index >= 15 is 0 Å². The summed E-state index contributed by atoms with van der Waals surface area (Å²) in [5.41, 5.74) is 1.18. The molecule has 0 aliphatic heterocycles. The summed E-state index contributed by atoms with van der Waals surface area (Å²) in [5.74, 6) is 0. The first-order valence-electron chi connectivity index (χ1n) is 8.10. The maximum Gasteiger partial charge on any atom is 0.0967 e. The van der Waals surface area contributed by atoms with E-state index in [-0.39, 0.29) is 11.6 Å². The van der Waals surface area contributed by atoms with Crippen LogP contribution in [0.5, 0.6) is 0 Å². The average Bonchev–Trinajstić information content (AvgIpc) is 2.44. The Kier molecular flexibility index (Phi) is 6.09. The number of nitrogens with one attached hydrogen (secondary N) is 1. The Bertz CT molecular complexity index is 435. The molecular formula is C18H28ClNO. The van der Waals surface area contributed by atoms with Gasteiger partial charge in [0.2, 0.25) is 0 Å². The minimum Gasteiger partial charge on any atom is -0.369 e. The summed E-state index contributed by atoms with van der Waals surface area (Å²) in [4.78, 5) is 0. The quantitative estimate of drug-likeness (QED) is 0.815. The standard InChI is InChI=1S/C18H28ClNO/c1-18(2,3)20-13-17(15-11-7-8-12-16(15)19)21-14-9-5-4-6-10-14/h7-8,11-12,14,17,20H,4-6,9-10,13H2,1-3H3. The van der Waals surface area contributed by atoms with Crippen molar-refractivity contribution in [2.75, 3.05) is 6.54 Å². The fourth-order valence-electron chi connectivity index (χ4n) is 2.80. The van der Waals surface area contributed by atoms with E-state index in [1.54, 1.807) is 0 Å². The summed E-state index contributed by atoms with van der Waals surface area (Å²) in [6.45, 7) is 7.33. The van der Waals surface area contributed by atoms with Crippen molar-refractivity contribution >= 4 is 11.6 Å². The SMILES string of the molecule is CC(C)(C)NCC(OC1CCCCC1)c1ccccc1Cl. The van der Waals surface area contributed by atoms with Gasteiger partial charge in [0.25, 0.3) is 0 Å². The van der Waals surface area contributed by atoms with Gasteiger partial charge in [0.1, 0.15) is 0 Å². The second-order valence-electron chi connectivity index (χ2n) is 7.04. The van der Waals surface area contributed by atoms with Gasteiger partial charge in [-0.2, -0.15) is 0 Å². The fraction of sp³-hybridized carbons (Fsp3) is 0.667. The van der Waals surface area contributed by atoms with Crippen molar-refractivity contribution < 1.29 is 4.74 Å². The maximum absolute atomic E-state index is 6.41. The number of hydrogen-bond donors (Lipinski definition) is 1. The molecule has 2 nitrogen and oxygen atoms in total. The molecular weight excluding hydrogens is 282 g/mol. The zero-order chi connectivity index (χ0) is 15.3. The summed E-state index contributed by atoms with van der Waals surface area (Å²) in [7, 11) is 0. The van der Waals surface area contributed by atoms with Gasteiger partial charge in [0.15, 0.2) is 0 Å². The number of benzene rings is 1. The third kappa shape index (κ3) is 5.61. The Morgan fingerprint density at radius 1 is 1.19 bits per heavy atom. The van der Waals surface area contributed by atoms with Crippen molar-refractivity contribution in [2.45, 2.75) is 70.6 Å². The van der Waals surface area contributed by atoms with E-state index in [4.69, 9.17) is 16.3 Å². The highest BCUT2D eigenvalue weighted by Gasteiger charge is 2.23. The van der Waals surface area contributed by atoms with Crippen molar-refractivity contribution in [2.24, 2.45) is 0 Å². The molecule has 1 saturated carbocycles. The van der Waals surface area contributed by atoms with E-state index in [1.165, 1.54) is 32.1 Å². The Morgan fingerprint density at radius 3 is 2.48 bits per heavy atom. The van der Waals surface area contributed by atoms with Gasteiger partial charge >= 0.3 is 0 Å². The van der Waals surface area contributed by atoms with Crippen LogP contribution in [0.1, 0.15) is 64.5 Å². The number of ether oxygens (including phenoxy) is 1. The van der Waals surface area contributed by atoms with Crippen LogP contribution in [0.15, 0.2) is 24.3 Å². The Morgan fingerprint density at radius 2 is 1.86 bits per heavy atom. The minimum absolute atomic E-state index is 0.0287. The van der Waals surface area contributed by atoms with E-state index < -0.39 is 0 Å². The van der Waals surface area contributed by atoms with Crippen molar-refractivity contribution in [1.82, 2.24) is 5.32 Å². The van der Waals surface area contributed by atoms with Crippen LogP contribution in [-0.4, -0.2) is 18.2 Å². The molecule has 1 fully saturated rings. The molecule has 3 heteroatoms. The zero-order valence-corrected chi connectivity index (χ0v) is 14.2. The molecule has 1 atom stereocenters. The van der Waals surface area contributed by atoms with Gasteiger partial charge in [0.05, 0.1) is 12.2 Å². The minimum atomic E-state index is 0.0287. The molecule has 2 rings (SSSR count). The first-order chi connectivity index (χ1) is 9.96. The molecule has 1 aliphatic carbocycles. The van der Waals surface area contributed by atoms with Crippen LogP contribution in [0.3, 0.4) is 0 Å². The van der Waals surface area contributed by atoms with Crippen LogP contribution in [0.25, 0.3) is 0 Å². The van der Waals surface area contributed by atoms with Gasteiger partial charge in [-0.1, -0.05) is 49.1 Å². The summed E-state index contributed by atoms with van der Waals surface area (Å²) in [6.07, 6.45) is 6.67. The second-order valence-corrected chi connectivity index (χ2v) is 7.44. The molecule has 1 unspecified atom stereocenters. The summed E-state index contributed by atoms with van der Waals surface area (Å²) < 4.78 is 6.41. The van der Waals surface area contributed by atoms with Crippen molar-refractivity contribution in [3.8, 4) is 0 Å². The van der Waals surface area contributed by atoms with Gasteiger partial charge in [-0.05, 0) is 39.7 Å². The van der Waals surface area contributed by atoms with E-state index in [9.17, 15) is 0 Å². The van der Waals surface area contributed by atoms with Crippen LogP contribution in [0.2, 0.25) is 5.02 Å². The molecule has 0 amide bonds. The predicted molar refractivity (Wildman–Crippen MR) is 89.9 cm³/mol. The molecule has 1 aromatic carbocycles. The summed E-state index contributed by atoms with van der Waals surface area (Å²) in [5, 5.41) is 4.35. The van der Waals surface area contributed by atoms with Crippen molar-refractivity contribution in [1.29, 1.82) is 0 Å². The van der Waals surface area contributed by atoms with Crippen LogP contribution >= 0.6 is 11.6 Å². The van der Waals surface area contributed by atoms with Gasteiger partial charge in [0, 0.05) is 22.7 Å². The van der Waals surface area contributed by atoms with Crippen LogP contribution in [0, 0.1) is 0 Å². The molecule has 1 aromatic rings. The van der Waals surface area contributed by atoms with Crippen molar-refractivity contribution in [3.63, 3.8) is 0 Å². The maximum atomic E-state index is 6.41. The Balaban J connectivity index is 2.07. The number of rotatable bonds is 5. The van der Waals surface area contributed by atoms with Gasteiger partial charge < -0.3 is 10.1 Å².